The number of hydrogen-bond acceptors (Lipinski definition) is 3. The summed E-state index contributed by atoms with van der Waals surface area (Å²) in [7, 11) is 3.57. The molecule has 0 N–H and O–H groups in total. The van der Waals surface area contributed by atoms with Gasteiger partial charge in [-0.05, 0) is 38.4 Å². The van der Waals surface area contributed by atoms with Crippen LogP contribution in [0, 0.1) is 12.7 Å². The van der Waals surface area contributed by atoms with Crippen LogP contribution in [-0.4, -0.2) is 38.3 Å². The number of halogens is 1. The van der Waals surface area contributed by atoms with E-state index in [-0.39, 0.29) is 11.9 Å². The lowest BCUT2D eigenvalue weighted by Crippen LogP contribution is -2.35. The molecule has 0 amide bonds. The third-order valence-corrected chi connectivity index (χ3v) is 3.42. The number of likely N-dealkylation sites (tertiary alicyclic amines) is 1. The lowest BCUT2D eigenvalue weighted by atomic mass is 10.1. The average molecular weight is 253 g/mol. The van der Waals surface area contributed by atoms with Crippen LogP contribution < -0.4 is 9.47 Å². The number of methoxy groups -OCH3 is 1. The summed E-state index contributed by atoms with van der Waals surface area (Å²) < 4.78 is 24.9. The summed E-state index contributed by atoms with van der Waals surface area (Å²) in [6.07, 6.45) is 1.97. The van der Waals surface area contributed by atoms with Gasteiger partial charge < -0.3 is 14.4 Å². The molecule has 3 nitrogen and oxygen atoms in total. The Morgan fingerprint density at radius 1 is 1.28 bits per heavy atom. The van der Waals surface area contributed by atoms with Gasteiger partial charge in [0.05, 0.1) is 7.11 Å². The zero-order valence-corrected chi connectivity index (χ0v) is 11.2. The molecule has 100 valence electrons. The van der Waals surface area contributed by atoms with Gasteiger partial charge in [-0.2, -0.15) is 4.39 Å². The van der Waals surface area contributed by atoms with Crippen molar-refractivity contribution in [3.05, 3.63) is 23.5 Å². The van der Waals surface area contributed by atoms with Crippen molar-refractivity contribution in [1.82, 2.24) is 4.90 Å². The molecule has 1 heterocycles. The van der Waals surface area contributed by atoms with Crippen molar-refractivity contribution in [1.29, 1.82) is 0 Å². The summed E-state index contributed by atoms with van der Waals surface area (Å²) in [5, 5.41) is 0. The Morgan fingerprint density at radius 2 is 1.94 bits per heavy atom. The molecule has 0 spiro atoms. The Hall–Kier alpha value is -1.29. The van der Waals surface area contributed by atoms with Gasteiger partial charge in [-0.1, -0.05) is 6.07 Å². The first-order valence-electron chi connectivity index (χ1n) is 6.30. The smallest absolute Gasteiger partial charge is 0.207 e. The number of nitrogens with zero attached hydrogens (tertiary/aromatic N) is 1. The summed E-state index contributed by atoms with van der Waals surface area (Å²) >= 11 is 0. The fourth-order valence-corrected chi connectivity index (χ4v) is 2.26. The van der Waals surface area contributed by atoms with Gasteiger partial charge >= 0.3 is 0 Å². The third-order valence-electron chi connectivity index (χ3n) is 3.42. The molecule has 0 bridgehead atoms. The summed E-state index contributed by atoms with van der Waals surface area (Å²) in [4.78, 5) is 2.26. The van der Waals surface area contributed by atoms with Crippen molar-refractivity contribution < 1.29 is 13.9 Å². The second-order valence-electron chi connectivity index (χ2n) is 4.85. The van der Waals surface area contributed by atoms with Gasteiger partial charge in [-0.25, -0.2) is 0 Å². The highest BCUT2D eigenvalue weighted by Gasteiger charge is 2.21. The second kappa shape index (κ2) is 5.57. The molecule has 1 aliphatic heterocycles. The topological polar surface area (TPSA) is 21.7 Å². The molecule has 1 aliphatic rings. The fraction of sp³-hybridized carbons (Fsp3) is 0.571. The standard InChI is InChI=1S/C14H20FNO2/c1-10-4-5-12(13(15)14(10)17-3)18-11-6-8-16(2)9-7-11/h4-5,11H,6-9H2,1-3H3. The molecule has 0 aliphatic carbocycles. The molecular weight excluding hydrogens is 233 g/mol. The van der Waals surface area contributed by atoms with Gasteiger partial charge in [0.15, 0.2) is 11.5 Å². The van der Waals surface area contributed by atoms with Crippen LogP contribution in [0.5, 0.6) is 11.5 Å². The minimum absolute atomic E-state index is 0.100. The first-order valence-corrected chi connectivity index (χ1v) is 6.30. The zero-order chi connectivity index (χ0) is 13.1. The predicted octanol–water partition coefficient (Wildman–Crippen LogP) is 2.62. The van der Waals surface area contributed by atoms with Crippen LogP contribution in [0.15, 0.2) is 12.1 Å². The Balaban J connectivity index is 2.10. The molecule has 0 atom stereocenters. The van der Waals surface area contributed by atoms with E-state index in [9.17, 15) is 4.39 Å². The summed E-state index contributed by atoms with van der Waals surface area (Å²) in [5.74, 6) is 0.184. The molecular formula is C14H20FNO2. The summed E-state index contributed by atoms with van der Waals surface area (Å²) in [5.41, 5.74) is 0.783. The summed E-state index contributed by atoms with van der Waals surface area (Å²) in [6.45, 7) is 3.81. The minimum atomic E-state index is -0.392. The maximum absolute atomic E-state index is 14.1. The molecule has 1 fully saturated rings. The van der Waals surface area contributed by atoms with E-state index in [2.05, 4.69) is 11.9 Å². The number of benzene rings is 1. The number of rotatable bonds is 3. The normalized spacial score (nSPS) is 17.8. The van der Waals surface area contributed by atoms with E-state index in [4.69, 9.17) is 9.47 Å². The highest BCUT2D eigenvalue weighted by atomic mass is 19.1. The molecule has 1 aromatic rings. The van der Waals surface area contributed by atoms with Crippen LogP contribution in [0.4, 0.5) is 4.39 Å². The van der Waals surface area contributed by atoms with Crippen LogP contribution in [0.2, 0.25) is 0 Å². The van der Waals surface area contributed by atoms with Gasteiger partial charge in [0.2, 0.25) is 5.82 Å². The van der Waals surface area contributed by atoms with Crippen LogP contribution in [0.25, 0.3) is 0 Å². The van der Waals surface area contributed by atoms with Crippen LogP contribution >= 0.6 is 0 Å². The molecule has 1 aromatic carbocycles. The highest BCUT2D eigenvalue weighted by Crippen LogP contribution is 2.31. The highest BCUT2D eigenvalue weighted by molar-refractivity contribution is 5.42. The van der Waals surface area contributed by atoms with Crippen LogP contribution in [0.1, 0.15) is 18.4 Å². The Morgan fingerprint density at radius 3 is 2.56 bits per heavy atom. The van der Waals surface area contributed by atoms with E-state index in [1.54, 1.807) is 6.07 Å². The van der Waals surface area contributed by atoms with Gasteiger partial charge in [-0.15, -0.1) is 0 Å². The Labute approximate surface area is 107 Å². The number of ether oxygens (including phenoxy) is 2. The average Bonchev–Trinajstić information content (AvgIpc) is 2.36. The van der Waals surface area contributed by atoms with Crippen molar-refractivity contribution in [3.63, 3.8) is 0 Å². The monoisotopic (exact) mass is 253 g/mol. The maximum Gasteiger partial charge on any atom is 0.207 e. The van der Waals surface area contributed by atoms with Crippen LogP contribution in [0.3, 0.4) is 0 Å². The SMILES string of the molecule is COc1c(C)ccc(OC2CCN(C)CC2)c1F. The van der Waals surface area contributed by atoms with Crippen molar-refractivity contribution in [2.75, 3.05) is 27.2 Å². The Kier molecular flexibility index (Phi) is 4.07. The van der Waals surface area contributed by atoms with Crippen molar-refractivity contribution in [2.45, 2.75) is 25.9 Å². The first-order chi connectivity index (χ1) is 8.61. The van der Waals surface area contributed by atoms with Crippen molar-refractivity contribution in [2.24, 2.45) is 0 Å². The fourth-order valence-electron chi connectivity index (χ4n) is 2.26. The number of hydrogen-bond donors (Lipinski definition) is 0. The van der Waals surface area contributed by atoms with E-state index in [0.29, 0.717) is 5.75 Å². The van der Waals surface area contributed by atoms with E-state index in [1.165, 1.54) is 7.11 Å². The molecule has 4 heteroatoms. The van der Waals surface area contributed by atoms with Gasteiger partial charge in [0.1, 0.15) is 6.10 Å². The van der Waals surface area contributed by atoms with Crippen LogP contribution in [-0.2, 0) is 0 Å². The zero-order valence-electron chi connectivity index (χ0n) is 11.2. The molecule has 0 aromatic heterocycles. The number of piperidine rings is 1. The van der Waals surface area contributed by atoms with E-state index in [0.717, 1.165) is 31.5 Å². The largest absolute Gasteiger partial charge is 0.493 e. The van der Waals surface area contributed by atoms with Gasteiger partial charge in [-0.3, -0.25) is 0 Å². The van der Waals surface area contributed by atoms with Crippen molar-refractivity contribution >= 4 is 0 Å². The lowest BCUT2D eigenvalue weighted by Gasteiger charge is -2.29. The lowest BCUT2D eigenvalue weighted by molar-refractivity contribution is 0.109. The minimum Gasteiger partial charge on any atom is -0.493 e. The third kappa shape index (κ3) is 2.75. The van der Waals surface area contributed by atoms with Gasteiger partial charge in [0, 0.05) is 13.1 Å². The number of aryl methyl sites for hydroxylation is 1. The van der Waals surface area contributed by atoms with E-state index in [1.807, 2.05) is 13.0 Å². The molecule has 2 rings (SSSR count). The molecule has 18 heavy (non-hydrogen) atoms. The quantitative estimate of drug-likeness (QED) is 0.826. The molecule has 0 unspecified atom stereocenters. The Bertz CT molecular complexity index is 415. The first kappa shape index (κ1) is 13.1. The maximum atomic E-state index is 14.1. The van der Waals surface area contributed by atoms with E-state index < -0.39 is 5.82 Å². The van der Waals surface area contributed by atoms with Gasteiger partial charge in [0.25, 0.3) is 0 Å². The van der Waals surface area contributed by atoms with E-state index >= 15 is 0 Å². The second-order valence-corrected chi connectivity index (χ2v) is 4.85. The molecule has 1 saturated heterocycles. The predicted molar refractivity (Wildman–Crippen MR) is 68.8 cm³/mol. The summed E-state index contributed by atoms with van der Waals surface area (Å²) in [6, 6.07) is 3.51. The molecule has 0 radical (unpaired) electrons. The molecule has 0 saturated carbocycles. The van der Waals surface area contributed by atoms with Crippen molar-refractivity contribution in [3.8, 4) is 11.5 Å².